The molecule has 20 heavy (non-hydrogen) atoms. The zero-order chi connectivity index (χ0) is 16.1. The fourth-order valence-electron chi connectivity index (χ4n) is 1.51. The lowest BCUT2D eigenvalue weighted by Crippen LogP contribution is -2.51. The number of rotatable bonds is 9. The van der Waals surface area contributed by atoms with Gasteiger partial charge in [-0.25, -0.2) is 8.42 Å². The first-order chi connectivity index (χ1) is 9.10. The van der Waals surface area contributed by atoms with Crippen molar-refractivity contribution in [2.75, 3.05) is 0 Å². The van der Waals surface area contributed by atoms with Crippen molar-refractivity contribution in [2.24, 2.45) is 11.5 Å². The maximum atomic E-state index is 11.4. The van der Waals surface area contributed by atoms with Gasteiger partial charge in [-0.05, 0) is 12.8 Å². The van der Waals surface area contributed by atoms with Crippen LogP contribution in [-0.4, -0.2) is 38.8 Å². The summed E-state index contributed by atoms with van der Waals surface area (Å²) in [6, 6.07) is 0. The van der Waals surface area contributed by atoms with Crippen LogP contribution in [0.5, 0.6) is 0 Å². The zero-order valence-corrected chi connectivity index (χ0v) is 12.1. The smallest absolute Gasteiger partial charge is 0.242 e. The largest absolute Gasteiger partial charge is 0.368 e. The van der Waals surface area contributed by atoms with Crippen molar-refractivity contribution < 1.29 is 27.1 Å². The highest BCUT2D eigenvalue weighted by Gasteiger charge is 2.46. The molecule has 114 valence electrons. The molecule has 0 spiro atoms. The van der Waals surface area contributed by atoms with Gasteiger partial charge < -0.3 is 20.6 Å². The third kappa shape index (κ3) is 3.20. The van der Waals surface area contributed by atoms with Crippen LogP contribution in [0.3, 0.4) is 0 Å². The normalized spacial score (nSPS) is 19.9. The summed E-state index contributed by atoms with van der Waals surface area (Å²) in [5.41, 5.74) is 10.1. The highest BCUT2D eigenvalue weighted by Crippen LogP contribution is 2.29. The Bertz CT molecular complexity index is 418. The molecule has 8 nitrogen and oxygen atoms in total. The molecule has 0 fully saturated rings. The van der Waals surface area contributed by atoms with Crippen molar-refractivity contribution in [3.05, 3.63) is 25.3 Å². The van der Waals surface area contributed by atoms with Crippen molar-refractivity contribution in [1.29, 1.82) is 0 Å². The Kier molecular flexibility index (Phi) is 6.41. The summed E-state index contributed by atoms with van der Waals surface area (Å²) >= 11 is -5.43. The van der Waals surface area contributed by atoms with E-state index < -0.39 is 56.3 Å². The second-order valence-corrected chi connectivity index (χ2v) is 6.37. The van der Waals surface area contributed by atoms with Gasteiger partial charge in [0.1, 0.15) is 0 Å². The fraction of sp³-hybridized carbons (Fsp3) is 0.400. The van der Waals surface area contributed by atoms with Crippen molar-refractivity contribution in [1.82, 2.24) is 0 Å². The third-order valence-electron chi connectivity index (χ3n) is 2.98. The second kappa shape index (κ2) is 6.88. The SMILES string of the molecule is C=CC(CCC(C=C)(C(N)=O)S(=O)O)(C(N)=O)S(=O)O. The van der Waals surface area contributed by atoms with Crippen LogP contribution < -0.4 is 11.5 Å². The van der Waals surface area contributed by atoms with Crippen LogP contribution in [0.25, 0.3) is 0 Å². The summed E-state index contributed by atoms with van der Waals surface area (Å²) in [7, 11) is 0. The van der Waals surface area contributed by atoms with E-state index in [-0.39, 0.29) is 0 Å². The predicted molar refractivity (Wildman–Crippen MR) is 75.0 cm³/mol. The number of carbonyl (C=O) groups is 2. The van der Waals surface area contributed by atoms with Crippen molar-refractivity contribution in [3.63, 3.8) is 0 Å². The van der Waals surface area contributed by atoms with E-state index in [0.717, 1.165) is 12.2 Å². The van der Waals surface area contributed by atoms with E-state index >= 15 is 0 Å². The third-order valence-corrected chi connectivity index (χ3v) is 5.37. The lowest BCUT2D eigenvalue weighted by molar-refractivity contribution is -0.121. The maximum Gasteiger partial charge on any atom is 0.242 e. The molecule has 0 saturated carbocycles. The summed E-state index contributed by atoms with van der Waals surface area (Å²) < 4.78 is 36.9. The Balaban J connectivity index is 5.60. The summed E-state index contributed by atoms with van der Waals surface area (Å²) in [6.07, 6.45) is 0.771. The number of hydrogen-bond donors (Lipinski definition) is 4. The average Bonchev–Trinajstić information content (AvgIpc) is 2.33. The number of amides is 2. The molecule has 2 amide bonds. The minimum atomic E-state index is -2.71. The first kappa shape index (κ1) is 18.6. The lowest BCUT2D eigenvalue weighted by Gasteiger charge is -2.28. The molecule has 0 radical (unpaired) electrons. The summed E-state index contributed by atoms with van der Waals surface area (Å²) in [4.78, 5) is 22.7. The van der Waals surface area contributed by atoms with Crippen LogP contribution in [0, 0.1) is 0 Å². The molecule has 0 rings (SSSR count). The molecular formula is C10H16N2O6S2. The van der Waals surface area contributed by atoms with Gasteiger partial charge in [-0.1, -0.05) is 12.2 Å². The van der Waals surface area contributed by atoms with Gasteiger partial charge in [0.2, 0.25) is 11.8 Å². The number of primary amides is 2. The van der Waals surface area contributed by atoms with Crippen molar-refractivity contribution in [2.45, 2.75) is 22.3 Å². The average molecular weight is 324 g/mol. The Morgan fingerprint density at radius 1 is 0.950 bits per heavy atom. The summed E-state index contributed by atoms with van der Waals surface area (Å²) in [5.74, 6) is -2.31. The Morgan fingerprint density at radius 3 is 1.30 bits per heavy atom. The van der Waals surface area contributed by atoms with Gasteiger partial charge in [0.05, 0.1) is 0 Å². The highest BCUT2D eigenvalue weighted by atomic mass is 32.2. The topological polar surface area (TPSA) is 161 Å². The Morgan fingerprint density at radius 2 is 1.20 bits per heavy atom. The minimum absolute atomic E-state index is 0.476. The molecule has 0 aliphatic rings. The van der Waals surface area contributed by atoms with E-state index in [1.165, 1.54) is 0 Å². The van der Waals surface area contributed by atoms with Crippen molar-refractivity contribution >= 4 is 34.0 Å². The van der Waals surface area contributed by atoms with Crippen LogP contribution in [-0.2, 0) is 31.7 Å². The summed E-state index contributed by atoms with van der Waals surface area (Å²) in [5, 5.41) is 0. The van der Waals surface area contributed by atoms with Gasteiger partial charge in [0, 0.05) is 0 Å². The molecule has 0 aromatic heterocycles. The molecule has 0 saturated heterocycles. The summed E-state index contributed by atoms with van der Waals surface area (Å²) in [6.45, 7) is 6.52. The molecule has 4 unspecified atom stereocenters. The van der Waals surface area contributed by atoms with Gasteiger partial charge in [-0.3, -0.25) is 9.59 Å². The number of nitrogens with two attached hydrogens (primary N) is 2. The molecule has 4 atom stereocenters. The van der Waals surface area contributed by atoms with Crippen LogP contribution in [0.2, 0.25) is 0 Å². The maximum absolute atomic E-state index is 11.4. The molecule has 0 aromatic carbocycles. The zero-order valence-electron chi connectivity index (χ0n) is 10.5. The van der Waals surface area contributed by atoms with Gasteiger partial charge in [-0.2, -0.15) is 0 Å². The first-order valence-corrected chi connectivity index (χ1v) is 7.41. The fourth-order valence-corrected chi connectivity index (χ4v) is 2.70. The monoisotopic (exact) mass is 324 g/mol. The molecule has 0 bridgehead atoms. The minimum Gasteiger partial charge on any atom is -0.368 e. The Labute approximate surface area is 120 Å². The molecule has 0 aromatic rings. The van der Waals surface area contributed by atoms with Crippen LogP contribution in [0.15, 0.2) is 25.3 Å². The highest BCUT2D eigenvalue weighted by molar-refractivity contribution is 7.82. The van der Waals surface area contributed by atoms with E-state index in [1.54, 1.807) is 0 Å². The quantitative estimate of drug-likeness (QED) is 0.315. The standard InChI is InChI=1S/C10H16N2O6S2/c1-3-9(7(11)13,19(15)16)5-6-10(4-2,8(12)14)20(17)18/h3-4H,1-2,5-6H2,(H2,11,13)(H2,12,14)(H,15,16)(H,17,18). The van der Waals surface area contributed by atoms with Gasteiger partial charge >= 0.3 is 0 Å². The molecule has 0 heterocycles. The molecule has 0 aliphatic heterocycles. The molecule has 10 heteroatoms. The molecule has 6 N–H and O–H groups in total. The molecular weight excluding hydrogens is 308 g/mol. The number of hydrogen-bond acceptors (Lipinski definition) is 4. The first-order valence-electron chi connectivity index (χ1n) is 5.19. The molecule has 0 aliphatic carbocycles. The lowest BCUT2D eigenvalue weighted by atomic mass is 9.93. The van der Waals surface area contributed by atoms with E-state index in [4.69, 9.17) is 11.5 Å². The van der Waals surface area contributed by atoms with E-state index in [9.17, 15) is 27.1 Å². The van der Waals surface area contributed by atoms with E-state index in [2.05, 4.69) is 13.2 Å². The van der Waals surface area contributed by atoms with Gasteiger partial charge in [-0.15, -0.1) is 13.2 Å². The van der Waals surface area contributed by atoms with E-state index in [1.807, 2.05) is 0 Å². The second-order valence-electron chi connectivity index (χ2n) is 3.91. The Hall–Kier alpha value is -1.36. The van der Waals surface area contributed by atoms with Crippen molar-refractivity contribution in [3.8, 4) is 0 Å². The van der Waals surface area contributed by atoms with Gasteiger partial charge in [0.15, 0.2) is 31.7 Å². The van der Waals surface area contributed by atoms with Crippen LogP contribution >= 0.6 is 0 Å². The predicted octanol–water partition coefficient (Wildman–Crippen LogP) is -0.970. The van der Waals surface area contributed by atoms with Crippen LogP contribution in [0.4, 0.5) is 0 Å². The number of carbonyl (C=O) groups excluding carboxylic acids is 2. The van der Waals surface area contributed by atoms with Crippen LogP contribution in [0.1, 0.15) is 12.8 Å². The van der Waals surface area contributed by atoms with E-state index in [0.29, 0.717) is 0 Å². The van der Waals surface area contributed by atoms with Gasteiger partial charge in [0.25, 0.3) is 0 Å².